The van der Waals surface area contributed by atoms with E-state index in [1.807, 2.05) is 0 Å². The van der Waals surface area contributed by atoms with E-state index in [1.165, 1.54) is 44.9 Å². The van der Waals surface area contributed by atoms with Crippen LogP contribution in [0.2, 0.25) is 0 Å². The Balaban J connectivity index is 3.06. The molecule has 0 saturated carbocycles. The largest absolute Gasteiger partial charge is 0.394 e. The Morgan fingerprint density at radius 3 is 1.60 bits per heavy atom. The van der Waals surface area contributed by atoms with Gasteiger partial charge in [-0.3, -0.25) is 0 Å². The van der Waals surface area contributed by atoms with Crippen molar-refractivity contribution in [2.24, 2.45) is 5.92 Å². The summed E-state index contributed by atoms with van der Waals surface area (Å²) < 4.78 is 21.4. The Bertz CT molecular complexity index is 238. The van der Waals surface area contributed by atoms with Crippen LogP contribution in [0.1, 0.15) is 65.2 Å². The van der Waals surface area contributed by atoms with E-state index in [0.717, 1.165) is 18.9 Å². The zero-order valence-corrected chi connectivity index (χ0v) is 16.7. The molecule has 0 aromatic rings. The number of aliphatic hydroxyl groups excluding tert-OH is 1. The van der Waals surface area contributed by atoms with Crippen molar-refractivity contribution in [2.45, 2.75) is 65.2 Å². The van der Waals surface area contributed by atoms with Crippen LogP contribution in [-0.4, -0.2) is 64.6 Å². The highest BCUT2D eigenvalue weighted by Gasteiger charge is 2.01. The van der Waals surface area contributed by atoms with E-state index in [1.54, 1.807) is 0 Å². The van der Waals surface area contributed by atoms with Crippen LogP contribution in [0.4, 0.5) is 0 Å². The van der Waals surface area contributed by atoms with Gasteiger partial charge in [0.05, 0.1) is 52.9 Å². The van der Waals surface area contributed by atoms with E-state index in [0.29, 0.717) is 46.2 Å². The summed E-state index contributed by atoms with van der Waals surface area (Å²) >= 11 is 0. The predicted molar refractivity (Wildman–Crippen MR) is 102 cm³/mol. The highest BCUT2D eigenvalue weighted by molar-refractivity contribution is 4.54. The SMILES string of the molecule is CCCCCCC(C)CCCCOCCOCCOCCOCCO. The van der Waals surface area contributed by atoms with Crippen molar-refractivity contribution in [3.05, 3.63) is 0 Å². The molecule has 1 atom stereocenters. The molecule has 5 heteroatoms. The van der Waals surface area contributed by atoms with Gasteiger partial charge in [-0.15, -0.1) is 0 Å². The number of ether oxygens (including phenoxy) is 4. The Labute approximate surface area is 155 Å². The fourth-order valence-electron chi connectivity index (χ4n) is 2.59. The first-order chi connectivity index (χ1) is 12.3. The van der Waals surface area contributed by atoms with Gasteiger partial charge in [-0.05, 0) is 12.3 Å². The summed E-state index contributed by atoms with van der Waals surface area (Å²) in [7, 11) is 0. The van der Waals surface area contributed by atoms with E-state index < -0.39 is 0 Å². The third-order valence-electron chi connectivity index (χ3n) is 4.14. The van der Waals surface area contributed by atoms with Gasteiger partial charge in [0.15, 0.2) is 0 Å². The van der Waals surface area contributed by atoms with Crippen LogP contribution < -0.4 is 0 Å². The molecule has 0 fully saturated rings. The first kappa shape index (κ1) is 24.8. The Morgan fingerprint density at radius 2 is 1.08 bits per heavy atom. The lowest BCUT2D eigenvalue weighted by molar-refractivity contribution is -0.00581. The fraction of sp³-hybridized carbons (Fsp3) is 1.00. The summed E-state index contributed by atoms with van der Waals surface area (Å²) in [5.41, 5.74) is 0. The van der Waals surface area contributed by atoms with Crippen LogP contribution >= 0.6 is 0 Å². The minimum atomic E-state index is 0.0567. The number of hydrogen-bond acceptors (Lipinski definition) is 5. The first-order valence-electron chi connectivity index (χ1n) is 10.2. The van der Waals surface area contributed by atoms with Crippen LogP contribution in [0.3, 0.4) is 0 Å². The average molecular weight is 363 g/mol. The molecule has 152 valence electrons. The fourth-order valence-corrected chi connectivity index (χ4v) is 2.59. The van der Waals surface area contributed by atoms with Gasteiger partial charge < -0.3 is 24.1 Å². The van der Waals surface area contributed by atoms with Gasteiger partial charge in [-0.1, -0.05) is 58.8 Å². The highest BCUT2D eigenvalue weighted by Crippen LogP contribution is 2.16. The summed E-state index contributed by atoms with van der Waals surface area (Å²) in [5.74, 6) is 0.856. The number of hydrogen-bond donors (Lipinski definition) is 1. The number of rotatable bonds is 21. The van der Waals surface area contributed by atoms with Gasteiger partial charge in [-0.25, -0.2) is 0 Å². The van der Waals surface area contributed by atoms with Crippen LogP contribution in [0, 0.1) is 5.92 Å². The smallest absolute Gasteiger partial charge is 0.0701 e. The Hall–Kier alpha value is -0.200. The molecule has 0 amide bonds. The zero-order chi connectivity index (χ0) is 18.4. The maximum absolute atomic E-state index is 8.53. The van der Waals surface area contributed by atoms with Crippen LogP contribution in [0.25, 0.3) is 0 Å². The summed E-state index contributed by atoms with van der Waals surface area (Å²) in [6.07, 6.45) is 10.6. The molecule has 0 spiro atoms. The second kappa shape index (κ2) is 21.8. The quantitative estimate of drug-likeness (QED) is 0.315. The van der Waals surface area contributed by atoms with Gasteiger partial charge >= 0.3 is 0 Å². The van der Waals surface area contributed by atoms with Crippen molar-refractivity contribution in [3.8, 4) is 0 Å². The molecule has 0 aliphatic heterocycles. The molecule has 0 aromatic carbocycles. The van der Waals surface area contributed by atoms with Crippen LogP contribution in [-0.2, 0) is 18.9 Å². The zero-order valence-electron chi connectivity index (χ0n) is 16.7. The topological polar surface area (TPSA) is 57.2 Å². The molecular weight excluding hydrogens is 320 g/mol. The van der Waals surface area contributed by atoms with E-state index in [-0.39, 0.29) is 6.61 Å². The Morgan fingerprint density at radius 1 is 0.600 bits per heavy atom. The maximum atomic E-state index is 8.53. The van der Waals surface area contributed by atoms with Crippen molar-refractivity contribution < 1.29 is 24.1 Å². The van der Waals surface area contributed by atoms with Crippen molar-refractivity contribution >= 4 is 0 Å². The molecule has 25 heavy (non-hydrogen) atoms. The summed E-state index contributed by atoms with van der Waals surface area (Å²) in [6.45, 7) is 9.39. The summed E-state index contributed by atoms with van der Waals surface area (Å²) in [6, 6.07) is 0. The standard InChI is InChI=1S/C20H42O5/c1-3-4-5-6-9-20(2)10-7-8-12-22-14-16-24-18-19-25-17-15-23-13-11-21/h20-21H,3-19H2,1-2H3. The molecule has 0 saturated heterocycles. The highest BCUT2D eigenvalue weighted by atomic mass is 16.6. The molecule has 1 N–H and O–H groups in total. The molecule has 0 rings (SSSR count). The molecule has 0 radical (unpaired) electrons. The van der Waals surface area contributed by atoms with Gasteiger partial charge in [0, 0.05) is 6.61 Å². The molecule has 0 aliphatic rings. The van der Waals surface area contributed by atoms with Crippen molar-refractivity contribution in [1.29, 1.82) is 0 Å². The van der Waals surface area contributed by atoms with Gasteiger partial charge in [0.1, 0.15) is 0 Å². The van der Waals surface area contributed by atoms with Crippen molar-refractivity contribution in [1.82, 2.24) is 0 Å². The van der Waals surface area contributed by atoms with E-state index in [9.17, 15) is 0 Å². The van der Waals surface area contributed by atoms with Gasteiger partial charge in [0.2, 0.25) is 0 Å². The molecule has 0 aromatic heterocycles. The monoisotopic (exact) mass is 362 g/mol. The lowest BCUT2D eigenvalue weighted by atomic mass is 9.97. The van der Waals surface area contributed by atoms with Crippen LogP contribution in [0.5, 0.6) is 0 Å². The molecule has 5 nitrogen and oxygen atoms in total. The third-order valence-corrected chi connectivity index (χ3v) is 4.14. The van der Waals surface area contributed by atoms with Crippen molar-refractivity contribution in [3.63, 3.8) is 0 Å². The van der Waals surface area contributed by atoms with Gasteiger partial charge in [0.25, 0.3) is 0 Å². The molecule has 1 unspecified atom stereocenters. The summed E-state index contributed by atoms with van der Waals surface area (Å²) in [5, 5.41) is 8.53. The van der Waals surface area contributed by atoms with E-state index in [4.69, 9.17) is 24.1 Å². The first-order valence-corrected chi connectivity index (χ1v) is 10.2. The minimum Gasteiger partial charge on any atom is -0.394 e. The lowest BCUT2D eigenvalue weighted by Crippen LogP contribution is -2.12. The second-order valence-electron chi connectivity index (χ2n) is 6.62. The normalized spacial score (nSPS) is 12.6. The maximum Gasteiger partial charge on any atom is 0.0701 e. The average Bonchev–Trinajstić information content (AvgIpc) is 2.62. The van der Waals surface area contributed by atoms with Crippen molar-refractivity contribution in [2.75, 3.05) is 59.5 Å². The lowest BCUT2D eigenvalue weighted by Gasteiger charge is -2.11. The molecule has 0 aliphatic carbocycles. The predicted octanol–water partition coefficient (Wildman–Crippen LogP) is 3.82. The number of aliphatic hydroxyl groups is 1. The minimum absolute atomic E-state index is 0.0567. The van der Waals surface area contributed by atoms with E-state index in [2.05, 4.69) is 13.8 Å². The number of unbranched alkanes of at least 4 members (excludes halogenated alkanes) is 4. The van der Waals surface area contributed by atoms with E-state index >= 15 is 0 Å². The third kappa shape index (κ3) is 21.8. The van der Waals surface area contributed by atoms with Gasteiger partial charge in [-0.2, -0.15) is 0 Å². The second-order valence-corrected chi connectivity index (χ2v) is 6.62. The summed E-state index contributed by atoms with van der Waals surface area (Å²) in [4.78, 5) is 0. The Kier molecular flexibility index (Phi) is 21.7. The molecule has 0 heterocycles. The molecule has 0 bridgehead atoms. The molecular formula is C20H42O5. The van der Waals surface area contributed by atoms with Crippen LogP contribution in [0.15, 0.2) is 0 Å².